The van der Waals surface area contributed by atoms with E-state index in [2.05, 4.69) is 25.9 Å². The Kier molecular flexibility index (Phi) is 3.19. The summed E-state index contributed by atoms with van der Waals surface area (Å²) in [5.41, 5.74) is 7.38. The van der Waals surface area contributed by atoms with Gasteiger partial charge in [-0.2, -0.15) is 5.10 Å². The SMILES string of the molecule is Cn1nc(C(C)(C)C)cc1C(=O)N1CC[C@@H](N)C1. The zero-order chi connectivity index (χ0) is 13.5. The van der Waals surface area contributed by atoms with E-state index in [0.29, 0.717) is 12.2 Å². The average molecular weight is 250 g/mol. The number of nitrogens with zero attached hydrogens (tertiary/aromatic N) is 3. The number of hydrogen-bond acceptors (Lipinski definition) is 3. The van der Waals surface area contributed by atoms with Crippen molar-refractivity contribution in [1.82, 2.24) is 14.7 Å². The number of rotatable bonds is 1. The predicted octanol–water partition coefficient (Wildman–Crippen LogP) is 0.891. The van der Waals surface area contributed by atoms with Crippen LogP contribution in [0.5, 0.6) is 0 Å². The van der Waals surface area contributed by atoms with Gasteiger partial charge < -0.3 is 10.6 Å². The molecule has 1 aromatic rings. The lowest BCUT2D eigenvalue weighted by Crippen LogP contribution is -2.33. The smallest absolute Gasteiger partial charge is 0.272 e. The first-order valence-corrected chi connectivity index (χ1v) is 6.38. The number of aromatic nitrogens is 2. The molecule has 0 saturated carbocycles. The largest absolute Gasteiger partial charge is 0.336 e. The maximum Gasteiger partial charge on any atom is 0.272 e. The second-order valence-corrected chi connectivity index (χ2v) is 6.09. The van der Waals surface area contributed by atoms with Gasteiger partial charge in [0.1, 0.15) is 5.69 Å². The van der Waals surface area contributed by atoms with Crippen LogP contribution in [0.2, 0.25) is 0 Å². The van der Waals surface area contributed by atoms with Crippen LogP contribution < -0.4 is 5.73 Å². The molecule has 2 N–H and O–H groups in total. The minimum absolute atomic E-state index is 0.0356. The molecule has 0 aliphatic carbocycles. The molecule has 0 spiro atoms. The van der Waals surface area contributed by atoms with Crippen LogP contribution in [0.25, 0.3) is 0 Å². The Balaban J connectivity index is 2.23. The van der Waals surface area contributed by atoms with E-state index in [0.717, 1.165) is 18.7 Å². The van der Waals surface area contributed by atoms with Gasteiger partial charge in [-0.1, -0.05) is 20.8 Å². The average Bonchev–Trinajstić information content (AvgIpc) is 2.83. The molecule has 5 heteroatoms. The Morgan fingerprint density at radius 3 is 2.61 bits per heavy atom. The fourth-order valence-corrected chi connectivity index (χ4v) is 2.17. The Bertz CT molecular complexity index is 458. The molecule has 18 heavy (non-hydrogen) atoms. The molecular weight excluding hydrogens is 228 g/mol. The summed E-state index contributed by atoms with van der Waals surface area (Å²) in [5.74, 6) is 0.0356. The van der Waals surface area contributed by atoms with Crippen LogP contribution in [0.15, 0.2) is 6.07 Å². The third-order valence-electron chi connectivity index (χ3n) is 3.38. The van der Waals surface area contributed by atoms with Crippen LogP contribution in [0, 0.1) is 0 Å². The van der Waals surface area contributed by atoms with Crippen molar-refractivity contribution < 1.29 is 4.79 Å². The van der Waals surface area contributed by atoms with Crippen LogP contribution in [0.3, 0.4) is 0 Å². The number of nitrogens with two attached hydrogens (primary N) is 1. The molecule has 100 valence electrons. The maximum atomic E-state index is 12.4. The van der Waals surface area contributed by atoms with Gasteiger partial charge in [-0.3, -0.25) is 9.48 Å². The van der Waals surface area contributed by atoms with Crippen LogP contribution >= 0.6 is 0 Å². The number of hydrogen-bond donors (Lipinski definition) is 1. The Morgan fingerprint density at radius 2 is 2.17 bits per heavy atom. The van der Waals surface area contributed by atoms with Crippen molar-refractivity contribution in [3.63, 3.8) is 0 Å². The summed E-state index contributed by atoms with van der Waals surface area (Å²) in [6, 6.07) is 2.01. The molecule has 2 heterocycles. The van der Waals surface area contributed by atoms with Crippen molar-refractivity contribution in [1.29, 1.82) is 0 Å². The lowest BCUT2D eigenvalue weighted by atomic mass is 9.92. The van der Waals surface area contributed by atoms with Gasteiger partial charge in [0.05, 0.1) is 5.69 Å². The first-order valence-electron chi connectivity index (χ1n) is 6.38. The quantitative estimate of drug-likeness (QED) is 0.805. The Morgan fingerprint density at radius 1 is 1.50 bits per heavy atom. The van der Waals surface area contributed by atoms with Gasteiger partial charge in [0, 0.05) is 31.6 Å². The fourth-order valence-electron chi connectivity index (χ4n) is 2.17. The first kappa shape index (κ1) is 13.1. The van der Waals surface area contributed by atoms with Gasteiger partial charge in [-0.25, -0.2) is 0 Å². The third kappa shape index (κ3) is 2.41. The van der Waals surface area contributed by atoms with Crippen molar-refractivity contribution in [2.45, 2.75) is 38.6 Å². The lowest BCUT2D eigenvalue weighted by molar-refractivity contribution is 0.0780. The lowest BCUT2D eigenvalue weighted by Gasteiger charge is -2.15. The minimum atomic E-state index is -0.0439. The zero-order valence-corrected chi connectivity index (χ0v) is 11.6. The highest BCUT2D eigenvalue weighted by Gasteiger charge is 2.28. The van der Waals surface area contributed by atoms with E-state index in [1.165, 1.54) is 0 Å². The van der Waals surface area contributed by atoms with E-state index in [1.54, 1.807) is 4.68 Å². The van der Waals surface area contributed by atoms with E-state index in [9.17, 15) is 4.79 Å². The third-order valence-corrected chi connectivity index (χ3v) is 3.38. The predicted molar refractivity (Wildman–Crippen MR) is 70.4 cm³/mol. The summed E-state index contributed by atoms with van der Waals surface area (Å²) in [6.45, 7) is 7.67. The summed E-state index contributed by atoms with van der Waals surface area (Å²) in [6.07, 6.45) is 0.885. The summed E-state index contributed by atoms with van der Waals surface area (Å²) in [7, 11) is 1.82. The summed E-state index contributed by atoms with van der Waals surface area (Å²) < 4.78 is 1.67. The van der Waals surface area contributed by atoms with Gasteiger partial charge in [0.15, 0.2) is 0 Å². The van der Waals surface area contributed by atoms with Crippen LogP contribution in [-0.2, 0) is 12.5 Å². The van der Waals surface area contributed by atoms with E-state index >= 15 is 0 Å². The molecule has 1 fully saturated rings. The molecule has 5 nitrogen and oxygen atoms in total. The van der Waals surface area contributed by atoms with Crippen LogP contribution in [0.4, 0.5) is 0 Å². The van der Waals surface area contributed by atoms with Crippen molar-refractivity contribution in [2.75, 3.05) is 13.1 Å². The molecule has 0 aromatic carbocycles. The topological polar surface area (TPSA) is 64.2 Å². The molecule has 0 unspecified atom stereocenters. The van der Waals surface area contributed by atoms with E-state index in [-0.39, 0.29) is 17.4 Å². The molecule has 1 atom stereocenters. The molecule has 1 saturated heterocycles. The van der Waals surface area contributed by atoms with Gasteiger partial charge in [-0.15, -0.1) is 0 Å². The monoisotopic (exact) mass is 250 g/mol. The summed E-state index contributed by atoms with van der Waals surface area (Å²) in [5, 5.41) is 4.43. The van der Waals surface area contributed by atoms with E-state index in [4.69, 9.17) is 5.73 Å². The second kappa shape index (κ2) is 4.39. The van der Waals surface area contributed by atoms with Gasteiger partial charge in [-0.05, 0) is 12.5 Å². The highest BCUT2D eigenvalue weighted by Crippen LogP contribution is 2.22. The molecule has 0 bridgehead atoms. The normalized spacial score (nSPS) is 20.5. The standard InChI is InChI=1S/C13H22N4O/c1-13(2,3)11-7-10(16(4)15-11)12(18)17-6-5-9(14)8-17/h7,9H,5-6,8,14H2,1-4H3/t9-/m1/s1. The van der Waals surface area contributed by atoms with Gasteiger partial charge in [0.25, 0.3) is 5.91 Å². The second-order valence-electron chi connectivity index (χ2n) is 6.09. The van der Waals surface area contributed by atoms with Crippen molar-refractivity contribution in [3.05, 3.63) is 17.5 Å². The number of carbonyl (C=O) groups excluding carboxylic acids is 1. The van der Waals surface area contributed by atoms with Gasteiger partial charge >= 0.3 is 0 Å². The minimum Gasteiger partial charge on any atom is -0.336 e. The zero-order valence-electron chi connectivity index (χ0n) is 11.6. The van der Waals surface area contributed by atoms with Gasteiger partial charge in [0.2, 0.25) is 0 Å². The molecule has 1 aromatic heterocycles. The van der Waals surface area contributed by atoms with Crippen molar-refractivity contribution >= 4 is 5.91 Å². The van der Waals surface area contributed by atoms with Crippen LogP contribution in [-0.4, -0.2) is 39.7 Å². The molecule has 2 rings (SSSR count). The molecule has 1 amide bonds. The Labute approximate surface area is 108 Å². The first-order chi connectivity index (χ1) is 8.29. The van der Waals surface area contributed by atoms with E-state index in [1.807, 2.05) is 18.0 Å². The summed E-state index contributed by atoms with van der Waals surface area (Å²) >= 11 is 0. The highest BCUT2D eigenvalue weighted by molar-refractivity contribution is 5.93. The van der Waals surface area contributed by atoms with Crippen molar-refractivity contribution in [2.24, 2.45) is 12.8 Å². The molecule has 1 aliphatic heterocycles. The van der Waals surface area contributed by atoms with Crippen molar-refractivity contribution in [3.8, 4) is 0 Å². The maximum absolute atomic E-state index is 12.4. The molecular formula is C13H22N4O. The van der Waals surface area contributed by atoms with E-state index < -0.39 is 0 Å². The molecule has 0 radical (unpaired) electrons. The summed E-state index contributed by atoms with van der Waals surface area (Å²) in [4.78, 5) is 14.2. The molecule has 1 aliphatic rings. The Hall–Kier alpha value is -1.36. The number of aryl methyl sites for hydroxylation is 1. The number of carbonyl (C=O) groups is 1. The highest BCUT2D eigenvalue weighted by atomic mass is 16.2. The fraction of sp³-hybridized carbons (Fsp3) is 0.692. The van der Waals surface area contributed by atoms with Crippen LogP contribution in [0.1, 0.15) is 43.4 Å². The number of likely N-dealkylation sites (tertiary alicyclic amines) is 1. The number of amides is 1.